The molecule has 0 aliphatic carbocycles. The van der Waals surface area contributed by atoms with E-state index in [0.29, 0.717) is 0 Å². The number of benzene rings is 1. The molecule has 21 heavy (non-hydrogen) atoms. The van der Waals surface area contributed by atoms with Gasteiger partial charge in [0, 0.05) is 18.9 Å². The van der Waals surface area contributed by atoms with Crippen molar-refractivity contribution in [3.05, 3.63) is 27.8 Å². The maximum Gasteiger partial charge on any atom is 0.345 e. The van der Waals surface area contributed by atoms with Crippen LogP contribution in [0.25, 0.3) is 0 Å². The number of nitro benzene ring substituents is 1. The van der Waals surface area contributed by atoms with E-state index >= 15 is 0 Å². The SMILES string of the molecule is CC(=O)OC(Cc1cc2c(cc1[N+](=O)[O-])OCO2)C(=O)O. The van der Waals surface area contributed by atoms with Crippen LogP contribution in [0, 0.1) is 10.1 Å². The molecule has 0 aromatic heterocycles. The Hall–Kier alpha value is -2.84. The molecule has 0 saturated heterocycles. The van der Waals surface area contributed by atoms with Gasteiger partial charge in [0.1, 0.15) is 0 Å². The van der Waals surface area contributed by atoms with Crippen LogP contribution in [0.15, 0.2) is 12.1 Å². The fourth-order valence-corrected chi connectivity index (χ4v) is 1.89. The molecule has 1 N–H and O–H groups in total. The van der Waals surface area contributed by atoms with Crippen molar-refractivity contribution < 1.29 is 33.8 Å². The Morgan fingerprint density at radius 2 is 2.05 bits per heavy atom. The summed E-state index contributed by atoms with van der Waals surface area (Å²) in [6.45, 7) is 0.992. The molecule has 1 unspecified atom stereocenters. The van der Waals surface area contributed by atoms with E-state index in [1.54, 1.807) is 0 Å². The van der Waals surface area contributed by atoms with E-state index in [9.17, 15) is 19.7 Å². The van der Waals surface area contributed by atoms with Gasteiger partial charge in [-0.15, -0.1) is 0 Å². The molecule has 1 aromatic carbocycles. The second kappa shape index (κ2) is 5.65. The number of nitro groups is 1. The molecule has 0 fully saturated rings. The molecule has 1 heterocycles. The monoisotopic (exact) mass is 297 g/mol. The summed E-state index contributed by atoms with van der Waals surface area (Å²) < 4.78 is 14.8. The zero-order valence-corrected chi connectivity index (χ0v) is 10.9. The fraction of sp³-hybridized carbons (Fsp3) is 0.333. The second-order valence-corrected chi connectivity index (χ2v) is 4.23. The lowest BCUT2D eigenvalue weighted by Gasteiger charge is -2.13. The van der Waals surface area contributed by atoms with Crippen LogP contribution in [-0.4, -0.2) is 34.9 Å². The van der Waals surface area contributed by atoms with Crippen LogP contribution in [-0.2, 0) is 20.7 Å². The molecule has 1 aromatic rings. The first kappa shape index (κ1) is 14.6. The number of rotatable bonds is 5. The molecule has 1 atom stereocenters. The third-order valence-corrected chi connectivity index (χ3v) is 2.76. The first-order valence-electron chi connectivity index (χ1n) is 5.85. The summed E-state index contributed by atoms with van der Waals surface area (Å²) in [5.74, 6) is -1.68. The van der Waals surface area contributed by atoms with E-state index in [1.807, 2.05) is 0 Å². The van der Waals surface area contributed by atoms with Crippen LogP contribution < -0.4 is 9.47 Å². The van der Waals surface area contributed by atoms with E-state index < -0.39 is 23.0 Å². The van der Waals surface area contributed by atoms with Crippen molar-refractivity contribution in [2.75, 3.05) is 6.79 Å². The number of carboxylic acid groups (broad SMARTS) is 1. The minimum absolute atomic E-state index is 0.0672. The van der Waals surface area contributed by atoms with Crippen molar-refractivity contribution in [1.82, 2.24) is 0 Å². The molecular formula is C12H11NO8. The predicted molar refractivity (Wildman–Crippen MR) is 66.1 cm³/mol. The summed E-state index contributed by atoms with van der Waals surface area (Å²) in [5.41, 5.74) is -0.240. The van der Waals surface area contributed by atoms with Crippen LogP contribution in [0.3, 0.4) is 0 Å². The quantitative estimate of drug-likeness (QED) is 0.482. The zero-order valence-electron chi connectivity index (χ0n) is 10.9. The summed E-state index contributed by atoms with van der Waals surface area (Å²) in [6, 6.07) is 2.48. The van der Waals surface area contributed by atoms with Gasteiger partial charge in [-0.05, 0) is 6.07 Å². The van der Waals surface area contributed by atoms with Crippen molar-refractivity contribution in [3.63, 3.8) is 0 Å². The van der Waals surface area contributed by atoms with E-state index in [2.05, 4.69) is 4.74 Å². The number of aliphatic carboxylic acids is 1. The molecule has 9 nitrogen and oxygen atoms in total. The normalized spacial score (nSPS) is 13.6. The van der Waals surface area contributed by atoms with Crippen LogP contribution >= 0.6 is 0 Å². The first-order chi connectivity index (χ1) is 9.88. The van der Waals surface area contributed by atoms with Gasteiger partial charge in [-0.3, -0.25) is 14.9 Å². The number of carboxylic acids is 1. The number of carbonyl (C=O) groups excluding carboxylic acids is 1. The molecule has 1 aliphatic rings. The average Bonchev–Trinajstić information content (AvgIpc) is 2.83. The van der Waals surface area contributed by atoms with E-state index in [-0.39, 0.29) is 36.0 Å². The van der Waals surface area contributed by atoms with Crippen molar-refractivity contribution in [3.8, 4) is 11.5 Å². The van der Waals surface area contributed by atoms with Crippen LogP contribution in [0.2, 0.25) is 0 Å². The number of hydrogen-bond acceptors (Lipinski definition) is 7. The minimum Gasteiger partial charge on any atom is -0.478 e. The largest absolute Gasteiger partial charge is 0.478 e. The highest BCUT2D eigenvalue weighted by molar-refractivity contribution is 5.77. The summed E-state index contributed by atoms with van der Waals surface area (Å²) in [5, 5.41) is 20.1. The van der Waals surface area contributed by atoms with Gasteiger partial charge in [-0.1, -0.05) is 0 Å². The summed E-state index contributed by atoms with van der Waals surface area (Å²) >= 11 is 0. The van der Waals surface area contributed by atoms with Crippen molar-refractivity contribution >= 4 is 17.6 Å². The van der Waals surface area contributed by atoms with Crippen molar-refractivity contribution in [2.24, 2.45) is 0 Å². The van der Waals surface area contributed by atoms with Crippen LogP contribution in [0.5, 0.6) is 11.5 Å². The number of esters is 1. The van der Waals surface area contributed by atoms with E-state index in [0.717, 1.165) is 13.0 Å². The summed E-state index contributed by atoms with van der Waals surface area (Å²) in [4.78, 5) is 32.3. The molecule has 0 saturated carbocycles. The molecule has 9 heteroatoms. The standard InChI is InChI=1S/C12H11NO8/c1-6(14)21-11(12(15)16)3-7-2-9-10(20-5-19-9)4-8(7)13(17)18/h2,4,11H,3,5H2,1H3,(H,15,16). The Morgan fingerprint density at radius 3 is 2.57 bits per heavy atom. The molecule has 112 valence electrons. The number of fused-ring (bicyclic) bond motifs is 1. The van der Waals surface area contributed by atoms with Gasteiger partial charge in [-0.2, -0.15) is 0 Å². The predicted octanol–water partition coefficient (Wildman–Crippen LogP) is 0.882. The molecule has 1 aliphatic heterocycles. The average molecular weight is 297 g/mol. The Morgan fingerprint density at radius 1 is 1.43 bits per heavy atom. The van der Waals surface area contributed by atoms with Gasteiger partial charge in [0.2, 0.25) is 12.9 Å². The van der Waals surface area contributed by atoms with E-state index in [4.69, 9.17) is 14.6 Å². The van der Waals surface area contributed by atoms with Gasteiger partial charge < -0.3 is 19.3 Å². The summed E-state index contributed by atoms with van der Waals surface area (Å²) in [6.07, 6.45) is -1.86. The molecule has 0 spiro atoms. The minimum atomic E-state index is -1.51. The van der Waals surface area contributed by atoms with E-state index in [1.165, 1.54) is 6.07 Å². The smallest absolute Gasteiger partial charge is 0.345 e. The maximum absolute atomic E-state index is 11.1. The number of ether oxygens (including phenoxy) is 3. The van der Waals surface area contributed by atoms with Crippen molar-refractivity contribution in [1.29, 1.82) is 0 Å². The number of hydrogen-bond donors (Lipinski definition) is 1. The lowest BCUT2D eigenvalue weighted by atomic mass is 10.0. The van der Waals surface area contributed by atoms with Gasteiger partial charge in [0.25, 0.3) is 5.69 Å². The lowest BCUT2D eigenvalue weighted by Crippen LogP contribution is -2.28. The Balaban J connectivity index is 2.35. The fourth-order valence-electron chi connectivity index (χ4n) is 1.89. The Kier molecular flexibility index (Phi) is 3.92. The summed E-state index contributed by atoms with van der Waals surface area (Å²) in [7, 11) is 0. The molecule has 2 rings (SSSR count). The third kappa shape index (κ3) is 3.19. The molecular weight excluding hydrogens is 286 g/mol. The second-order valence-electron chi connectivity index (χ2n) is 4.23. The van der Waals surface area contributed by atoms with Gasteiger partial charge in [0.15, 0.2) is 11.5 Å². The van der Waals surface area contributed by atoms with Gasteiger partial charge >= 0.3 is 11.9 Å². The van der Waals surface area contributed by atoms with Gasteiger partial charge in [-0.25, -0.2) is 4.79 Å². The lowest BCUT2D eigenvalue weighted by molar-refractivity contribution is -0.385. The molecule has 0 bridgehead atoms. The zero-order chi connectivity index (χ0) is 15.6. The van der Waals surface area contributed by atoms with Crippen LogP contribution in [0.1, 0.15) is 12.5 Å². The van der Waals surface area contributed by atoms with Crippen molar-refractivity contribution in [2.45, 2.75) is 19.4 Å². The van der Waals surface area contributed by atoms with Crippen LogP contribution in [0.4, 0.5) is 5.69 Å². The Bertz CT molecular complexity index is 612. The Labute approximate surface area is 118 Å². The van der Waals surface area contributed by atoms with Gasteiger partial charge in [0.05, 0.1) is 11.0 Å². The number of nitrogens with zero attached hydrogens (tertiary/aromatic N) is 1. The highest BCUT2D eigenvalue weighted by Crippen LogP contribution is 2.38. The topological polar surface area (TPSA) is 125 Å². The first-order valence-corrected chi connectivity index (χ1v) is 5.85. The molecule has 0 amide bonds. The third-order valence-electron chi connectivity index (χ3n) is 2.76. The highest BCUT2D eigenvalue weighted by atomic mass is 16.7. The maximum atomic E-state index is 11.1. The highest BCUT2D eigenvalue weighted by Gasteiger charge is 2.29. The number of carbonyl (C=O) groups is 2. The molecule has 0 radical (unpaired) electrons.